The Morgan fingerprint density at radius 1 is 0.692 bits per heavy atom. The number of carbonyl (C=O) groups is 2. The Morgan fingerprint density at radius 2 is 1.29 bits per heavy atom. The predicted octanol–water partition coefficient (Wildman–Crippen LogP) is 10.1. The van der Waals surface area contributed by atoms with Gasteiger partial charge in [0.25, 0.3) is 0 Å². The molecule has 0 aliphatic carbocycles. The number of allylic oxidation sites excluding steroid dienone is 7. The standard InChI is InChI=1S/C41H74NO9P/c1-3-5-7-9-11-12-13-14-15-16-17-18-20-24-28-32-40(44)48-36-39(37-50-52(46,47)49-35-34-42)51-41(45)33-29-25-21-23-27-31-38(43)30-26-22-19-10-8-6-4-2/h6,8,14-15,19,22,26,30,38-39,43H,3-5,7,9-13,16-18,20-21,23-25,27-29,31-37,42H2,1-2H3,(H,46,47)/b8-6+,15-14-,22-19+,30-26+/t38?,39-/m1/s1. The van der Waals surface area contributed by atoms with E-state index in [4.69, 9.17) is 24.3 Å². The van der Waals surface area contributed by atoms with Crippen molar-refractivity contribution >= 4 is 19.8 Å². The zero-order valence-corrected chi connectivity index (χ0v) is 33.5. The van der Waals surface area contributed by atoms with Crippen molar-refractivity contribution < 1.29 is 42.7 Å². The second-order valence-electron chi connectivity index (χ2n) is 13.3. The van der Waals surface area contributed by atoms with E-state index in [1.165, 1.54) is 44.9 Å². The summed E-state index contributed by atoms with van der Waals surface area (Å²) in [5.74, 6) is -0.918. The molecule has 2 unspecified atom stereocenters. The molecule has 0 amide bonds. The van der Waals surface area contributed by atoms with Gasteiger partial charge in [-0.1, -0.05) is 140 Å². The maximum atomic E-state index is 12.5. The maximum absolute atomic E-state index is 12.5. The Balaban J connectivity index is 4.30. The number of ether oxygens (including phenoxy) is 2. The Labute approximate surface area is 316 Å². The normalized spacial score (nSPS) is 14.5. The molecule has 0 aliphatic heterocycles. The second-order valence-corrected chi connectivity index (χ2v) is 14.8. The van der Waals surface area contributed by atoms with E-state index in [-0.39, 0.29) is 32.6 Å². The molecule has 0 fully saturated rings. The van der Waals surface area contributed by atoms with Crippen LogP contribution in [0.25, 0.3) is 0 Å². The van der Waals surface area contributed by atoms with Crippen molar-refractivity contribution in [2.24, 2.45) is 5.73 Å². The number of phosphoric ester groups is 1. The largest absolute Gasteiger partial charge is 0.472 e. The molecule has 0 saturated heterocycles. The SMILES string of the molecule is CC/C=C/C/C=C/C=C/C(O)CCCCCCCC(=O)O[C@H](COC(=O)CCCCCCC/C=C\CCCCCCCC)COP(=O)(O)OCCN. The van der Waals surface area contributed by atoms with Gasteiger partial charge in [0.15, 0.2) is 6.10 Å². The molecule has 0 aromatic heterocycles. The van der Waals surface area contributed by atoms with Crippen LogP contribution in [0.3, 0.4) is 0 Å². The van der Waals surface area contributed by atoms with E-state index in [0.29, 0.717) is 19.3 Å². The van der Waals surface area contributed by atoms with Crippen molar-refractivity contribution in [1.82, 2.24) is 0 Å². The third-order valence-corrected chi connectivity index (χ3v) is 9.29. The molecule has 302 valence electrons. The van der Waals surface area contributed by atoms with Gasteiger partial charge in [-0.15, -0.1) is 0 Å². The average Bonchev–Trinajstić information content (AvgIpc) is 3.12. The molecule has 0 spiro atoms. The fourth-order valence-corrected chi connectivity index (χ4v) is 6.05. The van der Waals surface area contributed by atoms with Crippen LogP contribution in [-0.4, -0.2) is 60.5 Å². The number of phosphoric acid groups is 1. The van der Waals surface area contributed by atoms with E-state index >= 15 is 0 Å². The van der Waals surface area contributed by atoms with E-state index in [1.807, 2.05) is 18.2 Å². The van der Waals surface area contributed by atoms with Crippen LogP contribution in [0.4, 0.5) is 0 Å². The van der Waals surface area contributed by atoms with Crippen molar-refractivity contribution in [2.75, 3.05) is 26.4 Å². The number of hydrogen-bond acceptors (Lipinski definition) is 9. The number of hydrogen-bond donors (Lipinski definition) is 3. The highest BCUT2D eigenvalue weighted by molar-refractivity contribution is 7.47. The molecule has 0 saturated carbocycles. The summed E-state index contributed by atoms with van der Waals surface area (Å²) in [6.07, 6.45) is 37.3. The highest BCUT2D eigenvalue weighted by atomic mass is 31.2. The second kappa shape index (κ2) is 37.3. The molecule has 0 aromatic rings. The minimum Gasteiger partial charge on any atom is -0.462 e. The van der Waals surface area contributed by atoms with E-state index in [0.717, 1.165) is 70.6 Å². The fraction of sp³-hybridized carbons (Fsp3) is 0.756. The van der Waals surface area contributed by atoms with Gasteiger partial charge in [-0.2, -0.15) is 0 Å². The van der Waals surface area contributed by atoms with Gasteiger partial charge in [0, 0.05) is 19.4 Å². The first-order valence-electron chi connectivity index (χ1n) is 20.2. The fourth-order valence-electron chi connectivity index (χ4n) is 5.28. The number of nitrogens with two attached hydrogens (primary N) is 1. The lowest BCUT2D eigenvalue weighted by atomic mass is 10.1. The van der Waals surface area contributed by atoms with Crippen molar-refractivity contribution in [2.45, 2.75) is 174 Å². The van der Waals surface area contributed by atoms with E-state index in [1.54, 1.807) is 6.08 Å². The highest BCUT2D eigenvalue weighted by Crippen LogP contribution is 2.43. The molecule has 0 rings (SSSR count). The Hall–Kier alpha value is -2.07. The van der Waals surface area contributed by atoms with Crippen molar-refractivity contribution in [3.8, 4) is 0 Å². The molecule has 10 nitrogen and oxygen atoms in total. The van der Waals surface area contributed by atoms with Gasteiger partial charge in [0.2, 0.25) is 0 Å². The smallest absolute Gasteiger partial charge is 0.462 e. The number of aliphatic hydroxyl groups is 1. The number of esters is 2. The summed E-state index contributed by atoms with van der Waals surface area (Å²) in [6.45, 7) is 3.46. The van der Waals surface area contributed by atoms with Crippen LogP contribution in [0, 0.1) is 0 Å². The first kappa shape index (κ1) is 49.9. The number of unbranched alkanes of at least 4 members (excludes halogenated alkanes) is 15. The van der Waals surface area contributed by atoms with Gasteiger partial charge in [0.1, 0.15) is 6.61 Å². The third kappa shape index (κ3) is 36.3. The van der Waals surface area contributed by atoms with E-state index in [9.17, 15) is 24.2 Å². The molecular formula is C41H74NO9P. The third-order valence-electron chi connectivity index (χ3n) is 8.30. The van der Waals surface area contributed by atoms with Gasteiger partial charge in [-0.05, 0) is 57.8 Å². The predicted molar refractivity (Wildman–Crippen MR) is 212 cm³/mol. The monoisotopic (exact) mass is 756 g/mol. The Bertz CT molecular complexity index is 1010. The molecule has 0 aromatic carbocycles. The van der Waals surface area contributed by atoms with Gasteiger partial charge < -0.3 is 25.2 Å². The summed E-state index contributed by atoms with van der Waals surface area (Å²) in [6, 6.07) is 0. The summed E-state index contributed by atoms with van der Waals surface area (Å²) in [5, 5.41) is 10.1. The minimum absolute atomic E-state index is 0.0347. The molecule has 0 radical (unpaired) electrons. The summed E-state index contributed by atoms with van der Waals surface area (Å²) in [4.78, 5) is 34.8. The summed E-state index contributed by atoms with van der Waals surface area (Å²) < 4.78 is 32.6. The first-order chi connectivity index (χ1) is 25.2. The van der Waals surface area contributed by atoms with Crippen molar-refractivity contribution in [3.05, 3.63) is 48.6 Å². The summed E-state index contributed by atoms with van der Waals surface area (Å²) >= 11 is 0. The van der Waals surface area contributed by atoms with Gasteiger partial charge in [-0.25, -0.2) is 4.57 Å². The first-order valence-corrected chi connectivity index (χ1v) is 21.7. The number of rotatable bonds is 37. The van der Waals surface area contributed by atoms with Crippen LogP contribution >= 0.6 is 7.82 Å². The Morgan fingerprint density at radius 3 is 1.92 bits per heavy atom. The maximum Gasteiger partial charge on any atom is 0.472 e. The number of aliphatic hydroxyl groups excluding tert-OH is 1. The molecular weight excluding hydrogens is 681 g/mol. The van der Waals surface area contributed by atoms with Gasteiger partial charge >= 0.3 is 19.8 Å². The molecule has 0 aliphatic rings. The minimum atomic E-state index is -4.40. The van der Waals surface area contributed by atoms with Crippen LogP contribution in [0.5, 0.6) is 0 Å². The number of carbonyl (C=O) groups excluding carboxylic acids is 2. The lowest BCUT2D eigenvalue weighted by molar-refractivity contribution is -0.161. The molecule has 0 heterocycles. The molecule has 4 N–H and O–H groups in total. The van der Waals surface area contributed by atoms with E-state index < -0.39 is 38.6 Å². The van der Waals surface area contributed by atoms with Crippen molar-refractivity contribution in [1.29, 1.82) is 0 Å². The quantitative estimate of drug-likeness (QED) is 0.0183. The van der Waals surface area contributed by atoms with E-state index in [2.05, 4.69) is 38.2 Å². The van der Waals surface area contributed by atoms with Crippen LogP contribution in [0.15, 0.2) is 48.6 Å². The summed E-state index contributed by atoms with van der Waals surface area (Å²) in [7, 11) is -4.40. The Kier molecular flexibility index (Phi) is 35.8. The van der Waals surface area contributed by atoms with Crippen molar-refractivity contribution in [3.63, 3.8) is 0 Å². The van der Waals surface area contributed by atoms with Crippen LogP contribution < -0.4 is 5.73 Å². The van der Waals surface area contributed by atoms with Gasteiger partial charge in [0.05, 0.1) is 19.3 Å². The topological polar surface area (TPSA) is 155 Å². The lowest BCUT2D eigenvalue weighted by Gasteiger charge is -2.19. The van der Waals surface area contributed by atoms with Gasteiger partial charge in [-0.3, -0.25) is 18.6 Å². The van der Waals surface area contributed by atoms with Crippen LogP contribution in [0.1, 0.15) is 162 Å². The molecule has 0 bridgehead atoms. The van der Waals surface area contributed by atoms with Crippen LogP contribution in [-0.2, 0) is 32.7 Å². The highest BCUT2D eigenvalue weighted by Gasteiger charge is 2.26. The molecule has 3 atom stereocenters. The zero-order valence-electron chi connectivity index (χ0n) is 32.6. The summed E-state index contributed by atoms with van der Waals surface area (Å²) in [5.41, 5.74) is 5.33. The molecule has 11 heteroatoms. The zero-order chi connectivity index (χ0) is 38.4. The molecule has 52 heavy (non-hydrogen) atoms. The lowest BCUT2D eigenvalue weighted by Crippen LogP contribution is -2.29. The average molecular weight is 756 g/mol. The van der Waals surface area contributed by atoms with Crippen LogP contribution in [0.2, 0.25) is 0 Å².